The minimum Gasteiger partial charge on any atom is -0.481 e. The molecule has 0 aliphatic carbocycles. The topological polar surface area (TPSA) is 94.5 Å². The van der Waals surface area contributed by atoms with Gasteiger partial charge in [0.2, 0.25) is 0 Å². The third-order valence-electron chi connectivity index (χ3n) is 4.82. The Bertz CT molecular complexity index is 869. The molecule has 29 heavy (non-hydrogen) atoms. The van der Waals surface area contributed by atoms with Crippen molar-refractivity contribution in [3.05, 3.63) is 60.2 Å². The van der Waals surface area contributed by atoms with E-state index in [0.29, 0.717) is 37.2 Å². The summed E-state index contributed by atoms with van der Waals surface area (Å²) in [5, 5.41) is 14.7. The minimum atomic E-state index is -0.651. The Kier molecular flexibility index (Phi) is 6.69. The maximum Gasteiger partial charge on any atom is 0.321 e. The first-order valence-corrected chi connectivity index (χ1v) is 9.63. The van der Waals surface area contributed by atoms with Gasteiger partial charge in [0.05, 0.1) is 11.6 Å². The lowest BCUT2D eigenvalue weighted by Crippen LogP contribution is -2.50. The second-order valence-corrected chi connectivity index (χ2v) is 6.96. The fourth-order valence-electron chi connectivity index (χ4n) is 3.14. The molecule has 2 aromatic carbocycles. The number of hydrogen-bond donors (Lipinski definition) is 2. The van der Waals surface area contributed by atoms with E-state index in [4.69, 9.17) is 10.00 Å². The lowest BCUT2D eigenvalue weighted by molar-refractivity contribution is -0.128. The van der Waals surface area contributed by atoms with Gasteiger partial charge >= 0.3 is 6.03 Å². The number of nitrogens with one attached hydrogen (secondary N) is 2. The number of benzene rings is 2. The van der Waals surface area contributed by atoms with Gasteiger partial charge in [0.1, 0.15) is 5.75 Å². The molecule has 7 heteroatoms. The average Bonchev–Trinajstić information content (AvgIpc) is 2.75. The quantitative estimate of drug-likeness (QED) is 0.817. The number of rotatable bonds is 5. The summed E-state index contributed by atoms with van der Waals surface area (Å²) < 4.78 is 5.65. The van der Waals surface area contributed by atoms with Gasteiger partial charge in [-0.25, -0.2) is 4.79 Å². The number of amides is 3. The second-order valence-electron chi connectivity index (χ2n) is 6.96. The Hall–Kier alpha value is -3.53. The number of anilines is 1. The highest BCUT2D eigenvalue weighted by Gasteiger charge is 2.25. The van der Waals surface area contributed by atoms with Gasteiger partial charge in [0, 0.05) is 24.8 Å². The van der Waals surface area contributed by atoms with Crippen LogP contribution in [0.5, 0.6) is 5.75 Å². The van der Waals surface area contributed by atoms with Crippen LogP contribution in [0.1, 0.15) is 25.3 Å². The van der Waals surface area contributed by atoms with Gasteiger partial charge in [0.25, 0.3) is 5.91 Å². The predicted molar refractivity (Wildman–Crippen MR) is 109 cm³/mol. The fraction of sp³-hybridized carbons (Fsp3) is 0.318. The van der Waals surface area contributed by atoms with Crippen molar-refractivity contribution >= 4 is 17.6 Å². The van der Waals surface area contributed by atoms with E-state index in [0.717, 1.165) is 5.69 Å². The molecule has 1 fully saturated rings. The number of nitrogens with zero attached hydrogens (tertiary/aromatic N) is 2. The zero-order valence-electron chi connectivity index (χ0n) is 16.3. The maximum atomic E-state index is 12.4. The van der Waals surface area contributed by atoms with Crippen molar-refractivity contribution in [2.45, 2.75) is 31.9 Å². The Labute approximate surface area is 170 Å². The fourth-order valence-corrected chi connectivity index (χ4v) is 3.14. The highest BCUT2D eigenvalue weighted by Crippen LogP contribution is 2.16. The third-order valence-corrected chi connectivity index (χ3v) is 4.82. The number of ether oxygens (including phenoxy) is 1. The van der Waals surface area contributed by atoms with Crippen molar-refractivity contribution < 1.29 is 14.3 Å². The Balaban J connectivity index is 1.42. The van der Waals surface area contributed by atoms with E-state index < -0.39 is 6.10 Å². The lowest BCUT2D eigenvalue weighted by atomic mass is 10.1. The predicted octanol–water partition coefficient (Wildman–Crippen LogP) is 3.14. The van der Waals surface area contributed by atoms with Crippen molar-refractivity contribution in [1.29, 1.82) is 5.26 Å². The molecule has 1 aliphatic heterocycles. The molecule has 7 nitrogen and oxygen atoms in total. The van der Waals surface area contributed by atoms with Crippen molar-refractivity contribution in [2.75, 3.05) is 18.4 Å². The van der Waals surface area contributed by atoms with Gasteiger partial charge in [-0.15, -0.1) is 0 Å². The Morgan fingerprint density at radius 2 is 1.76 bits per heavy atom. The first-order valence-electron chi connectivity index (χ1n) is 9.63. The lowest BCUT2D eigenvalue weighted by Gasteiger charge is -2.32. The third kappa shape index (κ3) is 5.72. The largest absolute Gasteiger partial charge is 0.481 e. The molecule has 2 N–H and O–H groups in total. The number of nitriles is 1. The van der Waals surface area contributed by atoms with Crippen molar-refractivity contribution in [3.8, 4) is 11.8 Å². The van der Waals surface area contributed by atoms with E-state index >= 15 is 0 Å². The zero-order valence-corrected chi connectivity index (χ0v) is 16.3. The molecule has 150 valence electrons. The van der Waals surface area contributed by atoms with E-state index in [1.807, 2.05) is 36.4 Å². The molecular weight excluding hydrogens is 368 g/mol. The number of piperidine rings is 1. The van der Waals surface area contributed by atoms with Gasteiger partial charge < -0.3 is 20.3 Å². The van der Waals surface area contributed by atoms with Crippen molar-refractivity contribution in [1.82, 2.24) is 10.2 Å². The average molecular weight is 392 g/mol. The molecule has 1 unspecified atom stereocenters. The Morgan fingerprint density at radius 3 is 2.38 bits per heavy atom. The van der Waals surface area contributed by atoms with Crippen LogP contribution in [0, 0.1) is 11.3 Å². The molecule has 0 saturated carbocycles. The standard InChI is InChI=1S/C22H24N4O3/c1-16(29-20-9-7-17(15-23)8-10-20)21(27)24-19-11-13-26(14-12-19)22(28)25-18-5-3-2-4-6-18/h2-10,16,19H,11-14H2,1H3,(H,24,27)(H,25,28). The molecule has 0 spiro atoms. The van der Waals surface area contributed by atoms with Gasteiger partial charge in [-0.3, -0.25) is 4.79 Å². The van der Waals surface area contributed by atoms with Crippen LogP contribution in [0.3, 0.4) is 0 Å². The summed E-state index contributed by atoms with van der Waals surface area (Å²) in [5.41, 5.74) is 1.30. The first kappa shape index (κ1) is 20.2. The summed E-state index contributed by atoms with van der Waals surface area (Å²) >= 11 is 0. The van der Waals surface area contributed by atoms with Gasteiger partial charge in [0.15, 0.2) is 6.10 Å². The summed E-state index contributed by atoms with van der Waals surface area (Å²) in [5.74, 6) is 0.348. The van der Waals surface area contributed by atoms with E-state index in [1.54, 1.807) is 36.1 Å². The van der Waals surface area contributed by atoms with Gasteiger partial charge in [-0.2, -0.15) is 5.26 Å². The molecule has 0 bridgehead atoms. The molecule has 1 aliphatic rings. The highest BCUT2D eigenvalue weighted by atomic mass is 16.5. The smallest absolute Gasteiger partial charge is 0.321 e. The van der Waals surface area contributed by atoms with Gasteiger partial charge in [-0.1, -0.05) is 18.2 Å². The molecule has 0 aromatic heterocycles. The minimum absolute atomic E-state index is 0.00953. The number of urea groups is 1. The molecule has 3 rings (SSSR count). The molecule has 1 heterocycles. The van der Waals surface area contributed by atoms with Crippen molar-refractivity contribution in [3.63, 3.8) is 0 Å². The van der Waals surface area contributed by atoms with Crippen LogP contribution in [0.4, 0.5) is 10.5 Å². The van der Waals surface area contributed by atoms with E-state index in [1.165, 1.54) is 0 Å². The van der Waals surface area contributed by atoms with E-state index in [9.17, 15) is 9.59 Å². The van der Waals surface area contributed by atoms with E-state index in [2.05, 4.69) is 10.6 Å². The molecule has 1 atom stereocenters. The summed E-state index contributed by atoms with van der Waals surface area (Å²) in [4.78, 5) is 26.5. The number of hydrogen-bond acceptors (Lipinski definition) is 4. The molecule has 3 amide bonds. The normalized spacial score (nSPS) is 15.1. The number of likely N-dealkylation sites (tertiary alicyclic amines) is 1. The Morgan fingerprint density at radius 1 is 1.10 bits per heavy atom. The SMILES string of the molecule is CC(Oc1ccc(C#N)cc1)C(=O)NC1CCN(C(=O)Nc2ccccc2)CC1. The van der Waals surface area contributed by atoms with E-state index in [-0.39, 0.29) is 18.0 Å². The summed E-state index contributed by atoms with van der Waals surface area (Å²) in [6.07, 6.45) is 0.733. The number of carbonyl (C=O) groups excluding carboxylic acids is 2. The summed E-state index contributed by atoms with van der Waals surface area (Å²) in [7, 11) is 0. The molecule has 1 saturated heterocycles. The zero-order chi connectivity index (χ0) is 20.6. The molecule has 2 aromatic rings. The second kappa shape index (κ2) is 9.60. The van der Waals surface area contributed by atoms with Gasteiger partial charge in [-0.05, 0) is 56.2 Å². The summed E-state index contributed by atoms with van der Waals surface area (Å²) in [6, 6.07) is 17.9. The highest BCUT2D eigenvalue weighted by molar-refractivity contribution is 5.89. The molecule has 0 radical (unpaired) electrons. The molecular formula is C22H24N4O3. The van der Waals surface area contributed by atoms with Crippen LogP contribution in [-0.4, -0.2) is 42.1 Å². The monoisotopic (exact) mass is 392 g/mol. The van der Waals surface area contributed by atoms with Crippen LogP contribution < -0.4 is 15.4 Å². The van der Waals surface area contributed by atoms with Crippen LogP contribution in [0.25, 0.3) is 0 Å². The summed E-state index contributed by atoms with van der Waals surface area (Å²) in [6.45, 7) is 2.85. The number of carbonyl (C=O) groups is 2. The maximum absolute atomic E-state index is 12.4. The number of para-hydroxylation sites is 1. The van der Waals surface area contributed by atoms with Crippen LogP contribution in [0.15, 0.2) is 54.6 Å². The van der Waals surface area contributed by atoms with Crippen molar-refractivity contribution in [2.24, 2.45) is 0 Å². The van der Waals surface area contributed by atoms with Crippen LogP contribution in [-0.2, 0) is 4.79 Å². The van der Waals surface area contributed by atoms with Crippen LogP contribution >= 0.6 is 0 Å². The first-order chi connectivity index (χ1) is 14.0. The van der Waals surface area contributed by atoms with Crippen LogP contribution in [0.2, 0.25) is 0 Å².